The molecule has 122 valence electrons. The predicted molar refractivity (Wildman–Crippen MR) is 88.1 cm³/mol. The number of fused-ring (bicyclic) bond motifs is 1. The summed E-state index contributed by atoms with van der Waals surface area (Å²) in [5.74, 6) is 1.29. The van der Waals surface area contributed by atoms with Crippen molar-refractivity contribution < 1.29 is 8.83 Å². The van der Waals surface area contributed by atoms with Crippen LogP contribution in [0.2, 0.25) is 0 Å². The molecule has 4 heterocycles. The maximum absolute atomic E-state index is 12.1. The van der Waals surface area contributed by atoms with Crippen LogP contribution < -0.4 is 5.56 Å². The van der Waals surface area contributed by atoms with Crippen LogP contribution >= 0.6 is 23.1 Å². The van der Waals surface area contributed by atoms with Crippen LogP contribution in [0.3, 0.4) is 0 Å². The van der Waals surface area contributed by atoms with Gasteiger partial charge in [-0.25, -0.2) is 4.98 Å². The van der Waals surface area contributed by atoms with Crippen LogP contribution in [0.5, 0.6) is 0 Å². The molecule has 10 heteroatoms. The van der Waals surface area contributed by atoms with Gasteiger partial charge in [0, 0.05) is 11.8 Å². The molecule has 0 unspecified atom stereocenters. The maximum Gasteiger partial charge on any atom is 0.284 e. The Bertz CT molecular complexity index is 1030. The van der Waals surface area contributed by atoms with E-state index in [1.54, 1.807) is 18.4 Å². The molecule has 0 bridgehead atoms. The van der Waals surface area contributed by atoms with Gasteiger partial charge in [0.25, 0.3) is 16.7 Å². The number of rotatable bonds is 5. The van der Waals surface area contributed by atoms with Crippen LogP contribution in [0.1, 0.15) is 17.6 Å². The number of aromatic nitrogens is 5. The number of thioether (sulfide) groups is 1. The first kappa shape index (κ1) is 15.1. The number of hydrogen-bond donors (Lipinski definition) is 0. The Kier molecular flexibility index (Phi) is 3.90. The second-order valence-corrected chi connectivity index (χ2v) is 6.74. The monoisotopic (exact) mass is 361 g/mol. The fraction of sp³-hybridized carbons (Fsp3) is 0.214. The van der Waals surface area contributed by atoms with Crippen LogP contribution in [-0.2, 0) is 12.2 Å². The van der Waals surface area contributed by atoms with Crippen LogP contribution in [0.15, 0.2) is 43.3 Å². The second-order valence-electron chi connectivity index (χ2n) is 4.77. The van der Waals surface area contributed by atoms with Crippen molar-refractivity contribution in [3.8, 4) is 11.7 Å². The van der Waals surface area contributed by atoms with Gasteiger partial charge in [0.1, 0.15) is 5.01 Å². The zero-order valence-corrected chi connectivity index (χ0v) is 14.1. The van der Waals surface area contributed by atoms with E-state index in [0.29, 0.717) is 33.3 Å². The lowest BCUT2D eigenvalue weighted by atomic mass is 10.4. The Morgan fingerprint density at radius 2 is 2.29 bits per heavy atom. The molecule has 0 saturated heterocycles. The van der Waals surface area contributed by atoms with Crippen LogP contribution in [0, 0.1) is 0 Å². The van der Waals surface area contributed by atoms with Crippen molar-refractivity contribution in [2.45, 2.75) is 24.3 Å². The van der Waals surface area contributed by atoms with Gasteiger partial charge in [-0.05, 0) is 18.6 Å². The summed E-state index contributed by atoms with van der Waals surface area (Å²) in [5.41, 5.74) is 0.461. The van der Waals surface area contributed by atoms with Crippen LogP contribution in [0.25, 0.3) is 16.6 Å². The third kappa shape index (κ3) is 2.85. The minimum Gasteiger partial charge on any atom is -0.459 e. The molecule has 0 saturated carbocycles. The van der Waals surface area contributed by atoms with Crippen LogP contribution in [0.4, 0.5) is 0 Å². The summed E-state index contributed by atoms with van der Waals surface area (Å²) in [4.78, 5) is 17.2. The molecule has 4 aromatic heterocycles. The number of hydrogen-bond acceptors (Lipinski definition) is 9. The highest BCUT2D eigenvalue weighted by Gasteiger charge is 2.13. The van der Waals surface area contributed by atoms with Gasteiger partial charge in [-0.3, -0.25) is 4.79 Å². The zero-order chi connectivity index (χ0) is 16.5. The molecule has 0 aliphatic rings. The summed E-state index contributed by atoms with van der Waals surface area (Å²) in [7, 11) is 0. The summed E-state index contributed by atoms with van der Waals surface area (Å²) in [6.07, 6.45) is 2.31. The Morgan fingerprint density at radius 3 is 3.08 bits per heavy atom. The van der Waals surface area contributed by atoms with Gasteiger partial charge in [-0.1, -0.05) is 30.0 Å². The largest absolute Gasteiger partial charge is 0.459 e. The molecule has 24 heavy (non-hydrogen) atoms. The minimum absolute atomic E-state index is 0.187. The van der Waals surface area contributed by atoms with Gasteiger partial charge in [0.05, 0.1) is 12.0 Å². The molecule has 0 fully saturated rings. The molecule has 0 N–H and O–H groups in total. The summed E-state index contributed by atoms with van der Waals surface area (Å²) in [6, 6.07) is 4.97. The van der Waals surface area contributed by atoms with E-state index in [1.807, 2.05) is 6.92 Å². The smallest absolute Gasteiger partial charge is 0.284 e. The van der Waals surface area contributed by atoms with Crippen molar-refractivity contribution in [1.29, 1.82) is 0 Å². The molecule has 0 radical (unpaired) electrons. The Morgan fingerprint density at radius 1 is 1.38 bits per heavy atom. The molecule has 0 spiro atoms. The third-order valence-corrected chi connectivity index (χ3v) is 5.03. The van der Waals surface area contributed by atoms with Crippen molar-refractivity contribution in [1.82, 2.24) is 24.8 Å². The second kappa shape index (κ2) is 6.21. The van der Waals surface area contributed by atoms with Gasteiger partial charge >= 0.3 is 0 Å². The Hall–Kier alpha value is -2.46. The first-order chi connectivity index (χ1) is 11.7. The van der Waals surface area contributed by atoms with E-state index in [1.165, 1.54) is 33.7 Å². The lowest BCUT2D eigenvalue weighted by Crippen LogP contribution is -2.15. The topological polar surface area (TPSA) is 99.3 Å². The summed E-state index contributed by atoms with van der Waals surface area (Å²) in [5, 5.41) is 13.4. The fourth-order valence-electron chi connectivity index (χ4n) is 2.02. The van der Waals surface area contributed by atoms with Gasteiger partial charge < -0.3 is 8.83 Å². The van der Waals surface area contributed by atoms with E-state index >= 15 is 0 Å². The minimum atomic E-state index is -0.187. The van der Waals surface area contributed by atoms with E-state index in [2.05, 4.69) is 20.3 Å². The van der Waals surface area contributed by atoms with E-state index in [9.17, 15) is 4.79 Å². The lowest BCUT2D eigenvalue weighted by Gasteiger charge is -1.97. The van der Waals surface area contributed by atoms with Gasteiger partial charge in [0.15, 0.2) is 5.76 Å². The fourth-order valence-corrected chi connectivity index (χ4v) is 3.53. The SMILES string of the molecule is CCc1nn2c(=O)cc(CSc3nnc(-c4ccco4)o3)nc2s1. The molecule has 8 nitrogen and oxygen atoms in total. The summed E-state index contributed by atoms with van der Waals surface area (Å²) >= 11 is 2.73. The molecule has 0 amide bonds. The zero-order valence-electron chi connectivity index (χ0n) is 12.5. The first-order valence-electron chi connectivity index (χ1n) is 7.12. The Labute approximate surface area is 143 Å². The standard InChI is InChI=1S/C14H11N5O3S2/c1-2-10-18-19-11(20)6-8(15-13(19)24-10)7-23-14-17-16-12(22-14)9-4-3-5-21-9/h3-6H,2,7H2,1H3. The number of aryl methyl sites for hydroxylation is 1. The average Bonchev–Trinajstić information content (AvgIpc) is 3.31. The van der Waals surface area contributed by atoms with E-state index in [0.717, 1.165) is 11.4 Å². The normalized spacial score (nSPS) is 11.4. The van der Waals surface area contributed by atoms with Crippen molar-refractivity contribution >= 4 is 28.1 Å². The van der Waals surface area contributed by atoms with E-state index < -0.39 is 0 Å². The van der Waals surface area contributed by atoms with Crippen molar-refractivity contribution in [2.24, 2.45) is 0 Å². The summed E-state index contributed by atoms with van der Waals surface area (Å²) in [6.45, 7) is 1.99. The molecule has 4 aromatic rings. The molecule has 0 aliphatic carbocycles. The third-order valence-electron chi connectivity index (χ3n) is 3.12. The molecule has 0 atom stereocenters. The van der Waals surface area contributed by atoms with Gasteiger partial charge in [0.2, 0.25) is 4.96 Å². The van der Waals surface area contributed by atoms with Crippen molar-refractivity contribution in [3.05, 3.63) is 45.5 Å². The van der Waals surface area contributed by atoms with Crippen molar-refractivity contribution in [3.63, 3.8) is 0 Å². The van der Waals surface area contributed by atoms with E-state index in [-0.39, 0.29) is 5.56 Å². The molecule has 0 aliphatic heterocycles. The number of furan rings is 1. The Balaban J connectivity index is 1.53. The van der Waals surface area contributed by atoms with Crippen molar-refractivity contribution in [2.75, 3.05) is 0 Å². The predicted octanol–water partition coefficient (Wildman–Crippen LogP) is 2.65. The maximum atomic E-state index is 12.1. The lowest BCUT2D eigenvalue weighted by molar-refractivity contribution is 0.447. The quantitative estimate of drug-likeness (QED) is 0.500. The average molecular weight is 361 g/mol. The van der Waals surface area contributed by atoms with Crippen LogP contribution in [-0.4, -0.2) is 24.8 Å². The van der Waals surface area contributed by atoms with Gasteiger partial charge in [-0.2, -0.15) is 9.61 Å². The molecular weight excluding hydrogens is 350 g/mol. The summed E-state index contributed by atoms with van der Waals surface area (Å²) < 4.78 is 12.1. The number of nitrogens with zero attached hydrogens (tertiary/aromatic N) is 5. The highest BCUT2D eigenvalue weighted by Crippen LogP contribution is 2.25. The molecular formula is C14H11N5O3S2. The van der Waals surface area contributed by atoms with Gasteiger partial charge in [-0.15, -0.1) is 10.2 Å². The molecule has 4 rings (SSSR count). The molecule has 0 aromatic carbocycles. The van der Waals surface area contributed by atoms with E-state index in [4.69, 9.17) is 8.83 Å². The first-order valence-corrected chi connectivity index (χ1v) is 8.92. The highest BCUT2D eigenvalue weighted by molar-refractivity contribution is 7.98. The highest BCUT2D eigenvalue weighted by atomic mass is 32.2.